The molecule has 32 heavy (non-hydrogen) atoms. The summed E-state index contributed by atoms with van der Waals surface area (Å²) in [4.78, 5) is 28.9. The number of hydrogen-bond donors (Lipinski definition) is 1. The van der Waals surface area contributed by atoms with E-state index in [-0.39, 0.29) is 32.1 Å². The quantitative estimate of drug-likeness (QED) is 0.408. The van der Waals surface area contributed by atoms with Gasteiger partial charge in [0.05, 0.1) is 18.8 Å². The molecule has 0 unspecified atom stereocenters. The van der Waals surface area contributed by atoms with Gasteiger partial charge in [0.15, 0.2) is 11.9 Å². The highest BCUT2D eigenvalue weighted by atomic mass is 35.5. The molecule has 3 aromatic rings. The minimum atomic E-state index is -0.655. The lowest BCUT2D eigenvalue weighted by Gasteiger charge is -2.14. The maximum absolute atomic E-state index is 14.8. The summed E-state index contributed by atoms with van der Waals surface area (Å²) < 4.78 is 26.4. The first-order valence-corrected chi connectivity index (χ1v) is 9.29. The van der Waals surface area contributed by atoms with Gasteiger partial charge in [-0.25, -0.2) is 13.9 Å². The molecular formula is C19H18ClFN7O4-. The van der Waals surface area contributed by atoms with Gasteiger partial charge >= 0.3 is 12.1 Å². The van der Waals surface area contributed by atoms with Crippen molar-refractivity contribution in [3.05, 3.63) is 42.3 Å². The molecule has 1 saturated heterocycles. The van der Waals surface area contributed by atoms with Gasteiger partial charge in [-0.05, 0) is 34.7 Å². The molecule has 4 rings (SSSR count). The molecule has 0 aliphatic carbocycles. The molecule has 2 N–H and O–H groups in total. The van der Waals surface area contributed by atoms with Crippen LogP contribution in [0.1, 0.15) is 0 Å². The number of cyclic esters (lactones) is 1. The number of ether oxygens (including phenoxy) is 2. The smallest absolute Gasteiger partial charge is 0.414 e. The largest absolute Gasteiger partial charge is 1.00 e. The second-order valence-corrected chi connectivity index (χ2v) is 6.73. The van der Waals surface area contributed by atoms with Crippen molar-refractivity contribution in [1.82, 2.24) is 25.2 Å². The molecule has 168 valence electrons. The lowest BCUT2D eigenvalue weighted by molar-refractivity contribution is -0.144. The second kappa shape index (κ2) is 9.66. The summed E-state index contributed by atoms with van der Waals surface area (Å²) in [5.41, 5.74) is 6.92. The van der Waals surface area contributed by atoms with Crippen molar-refractivity contribution in [1.29, 1.82) is 0 Å². The SMILES string of the molecule is Cn1nnnc1-c1ccc(-c2ccc(N3C[C@H](COC(=O)CN)OC3=O)cc2F)cn1.[Cl-]. The molecule has 3 heterocycles. The highest BCUT2D eigenvalue weighted by molar-refractivity contribution is 5.90. The molecule has 0 radical (unpaired) electrons. The molecule has 1 amide bonds. The third kappa shape index (κ3) is 4.65. The fourth-order valence-corrected chi connectivity index (χ4v) is 3.10. The summed E-state index contributed by atoms with van der Waals surface area (Å²) in [7, 11) is 1.69. The number of tetrazole rings is 1. The van der Waals surface area contributed by atoms with Gasteiger partial charge in [0.25, 0.3) is 0 Å². The first-order valence-electron chi connectivity index (χ1n) is 9.29. The Bertz CT molecular complexity index is 1130. The van der Waals surface area contributed by atoms with Crippen molar-refractivity contribution >= 4 is 17.7 Å². The third-order valence-corrected chi connectivity index (χ3v) is 4.66. The van der Waals surface area contributed by atoms with Crippen LogP contribution in [-0.2, 0) is 21.3 Å². The first kappa shape index (κ1) is 23.0. The van der Waals surface area contributed by atoms with E-state index in [0.717, 1.165) is 0 Å². The highest BCUT2D eigenvalue weighted by Gasteiger charge is 2.33. The molecule has 2 aromatic heterocycles. The number of hydrogen-bond acceptors (Lipinski definition) is 9. The van der Waals surface area contributed by atoms with Crippen LogP contribution >= 0.6 is 0 Å². The number of amides is 1. The summed E-state index contributed by atoms with van der Waals surface area (Å²) in [6.45, 7) is -0.252. The zero-order valence-electron chi connectivity index (χ0n) is 16.8. The van der Waals surface area contributed by atoms with Gasteiger partial charge in [0.1, 0.15) is 18.1 Å². The number of esters is 1. The van der Waals surface area contributed by atoms with E-state index in [2.05, 4.69) is 20.5 Å². The zero-order chi connectivity index (χ0) is 22.0. The van der Waals surface area contributed by atoms with Crippen LogP contribution in [-0.4, -0.2) is 63.1 Å². The number of aryl methyl sites for hydroxylation is 1. The predicted octanol–water partition coefficient (Wildman–Crippen LogP) is -2.09. The normalized spacial score (nSPS) is 15.3. The number of anilines is 1. The Kier molecular flexibility index (Phi) is 6.95. The standard InChI is InChI=1S/C19H18FN7O4.ClH/c1-26-18(23-24-25-26)16-5-2-11(8-22-16)14-4-3-12(6-15(14)20)27-9-13(31-19(27)29)10-30-17(28)7-21;/h2-6,8,13H,7,9-10,21H2,1H3;1H/p-1/t13-;/m1./s1. The van der Waals surface area contributed by atoms with Crippen LogP contribution in [0.15, 0.2) is 36.5 Å². The van der Waals surface area contributed by atoms with Gasteiger partial charge in [-0.2, -0.15) is 0 Å². The molecule has 1 fully saturated rings. The van der Waals surface area contributed by atoms with E-state index in [0.29, 0.717) is 28.3 Å². The number of nitrogens with zero attached hydrogens (tertiary/aromatic N) is 6. The van der Waals surface area contributed by atoms with E-state index < -0.39 is 24.0 Å². The van der Waals surface area contributed by atoms with Crippen LogP contribution in [0.3, 0.4) is 0 Å². The van der Waals surface area contributed by atoms with Gasteiger partial charge in [0, 0.05) is 24.4 Å². The summed E-state index contributed by atoms with van der Waals surface area (Å²) in [5, 5.41) is 11.2. The van der Waals surface area contributed by atoms with Crippen LogP contribution in [0.2, 0.25) is 0 Å². The molecular weight excluding hydrogens is 445 g/mol. The van der Waals surface area contributed by atoms with Crippen molar-refractivity contribution in [3.63, 3.8) is 0 Å². The van der Waals surface area contributed by atoms with E-state index >= 15 is 0 Å². The highest BCUT2D eigenvalue weighted by Crippen LogP contribution is 2.29. The zero-order valence-corrected chi connectivity index (χ0v) is 17.6. The van der Waals surface area contributed by atoms with Crippen molar-refractivity contribution in [3.8, 4) is 22.6 Å². The van der Waals surface area contributed by atoms with Gasteiger partial charge < -0.3 is 27.6 Å². The monoisotopic (exact) mass is 462 g/mol. The van der Waals surface area contributed by atoms with E-state index in [9.17, 15) is 14.0 Å². The van der Waals surface area contributed by atoms with Crippen molar-refractivity contribution in [2.24, 2.45) is 12.8 Å². The van der Waals surface area contributed by atoms with Gasteiger partial charge in [-0.1, -0.05) is 6.07 Å². The van der Waals surface area contributed by atoms with Gasteiger partial charge in [-0.3, -0.25) is 14.7 Å². The molecule has 1 aliphatic heterocycles. The van der Waals surface area contributed by atoms with E-state index in [1.807, 2.05) is 0 Å². The minimum absolute atomic E-state index is 0. The number of carbonyl (C=O) groups is 2. The number of rotatable bonds is 6. The average Bonchev–Trinajstić information content (AvgIpc) is 3.37. The van der Waals surface area contributed by atoms with Crippen molar-refractivity contribution < 1.29 is 35.9 Å². The maximum atomic E-state index is 14.8. The van der Waals surface area contributed by atoms with Crippen LogP contribution in [0.25, 0.3) is 22.6 Å². The Morgan fingerprint density at radius 2 is 2.16 bits per heavy atom. The number of benzene rings is 1. The molecule has 1 aromatic carbocycles. The van der Waals surface area contributed by atoms with E-state index in [4.69, 9.17) is 15.2 Å². The summed E-state index contributed by atoms with van der Waals surface area (Å²) in [5.74, 6) is -0.639. The summed E-state index contributed by atoms with van der Waals surface area (Å²) in [6, 6.07) is 7.81. The van der Waals surface area contributed by atoms with Gasteiger partial charge in [-0.15, -0.1) is 5.10 Å². The molecule has 13 heteroatoms. The second-order valence-electron chi connectivity index (χ2n) is 6.73. The van der Waals surface area contributed by atoms with Crippen molar-refractivity contribution in [2.45, 2.75) is 6.10 Å². The molecule has 1 atom stereocenters. The molecule has 0 bridgehead atoms. The molecule has 0 saturated carbocycles. The third-order valence-electron chi connectivity index (χ3n) is 4.66. The van der Waals surface area contributed by atoms with Gasteiger partial charge in [0.2, 0.25) is 0 Å². The topological polar surface area (TPSA) is 138 Å². The number of carbonyl (C=O) groups excluding carboxylic acids is 2. The Hall–Kier alpha value is -3.64. The Morgan fingerprint density at radius 1 is 1.34 bits per heavy atom. The van der Waals surface area contributed by atoms with E-state index in [1.54, 1.807) is 31.3 Å². The maximum Gasteiger partial charge on any atom is 0.414 e. The van der Waals surface area contributed by atoms with Crippen LogP contribution in [0.5, 0.6) is 0 Å². The molecule has 0 spiro atoms. The molecule has 11 nitrogen and oxygen atoms in total. The lowest BCUT2D eigenvalue weighted by Crippen LogP contribution is -3.00. The fourth-order valence-electron chi connectivity index (χ4n) is 3.10. The lowest BCUT2D eigenvalue weighted by atomic mass is 10.1. The van der Waals surface area contributed by atoms with Crippen LogP contribution < -0.4 is 23.0 Å². The Morgan fingerprint density at radius 3 is 2.78 bits per heavy atom. The molecule has 1 aliphatic rings. The minimum Gasteiger partial charge on any atom is -1.00 e. The number of pyridine rings is 1. The number of halogens is 2. The predicted molar refractivity (Wildman–Crippen MR) is 105 cm³/mol. The summed E-state index contributed by atoms with van der Waals surface area (Å²) >= 11 is 0. The Labute approximate surface area is 187 Å². The van der Waals surface area contributed by atoms with E-state index in [1.165, 1.54) is 21.8 Å². The fraction of sp³-hybridized carbons (Fsp3) is 0.263. The van der Waals surface area contributed by atoms with Crippen LogP contribution in [0, 0.1) is 5.82 Å². The van der Waals surface area contributed by atoms with Crippen molar-refractivity contribution in [2.75, 3.05) is 24.6 Å². The average molecular weight is 463 g/mol. The number of nitrogens with two attached hydrogens (primary N) is 1. The number of aromatic nitrogens is 5. The van der Waals surface area contributed by atoms with Crippen LogP contribution in [0.4, 0.5) is 14.9 Å². The summed E-state index contributed by atoms with van der Waals surface area (Å²) in [6.07, 6.45) is 0.218. The Balaban J connectivity index is 0.00000289. The first-order chi connectivity index (χ1) is 15.0.